The molecule has 0 aliphatic heterocycles. The molecule has 118 valence electrons. The minimum absolute atomic E-state index is 0.0411. The predicted molar refractivity (Wildman–Crippen MR) is 87.9 cm³/mol. The van der Waals surface area contributed by atoms with E-state index in [-0.39, 0.29) is 12.5 Å². The van der Waals surface area contributed by atoms with Crippen molar-refractivity contribution in [1.29, 1.82) is 0 Å². The Hall–Kier alpha value is -2.04. The van der Waals surface area contributed by atoms with Gasteiger partial charge in [0, 0.05) is 19.1 Å². The second-order valence-corrected chi connectivity index (χ2v) is 6.12. The summed E-state index contributed by atoms with van der Waals surface area (Å²) in [6, 6.07) is 9.37. The summed E-state index contributed by atoms with van der Waals surface area (Å²) in [7, 11) is 1.74. The van der Waals surface area contributed by atoms with Crippen LogP contribution in [0, 0.1) is 0 Å². The average molecular weight is 300 g/mol. The van der Waals surface area contributed by atoms with E-state index in [9.17, 15) is 4.79 Å². The topological polar surface area (TPSA) is 65.5 Å². The Bertz CT molecular complexity index is 566. The van der Waals surface area contributed by atoms with Gasteiger partial charge in [-0.2, -0.15) is 0 Å². The first-order valence-electron chi connectivity index (χ1n) is 8.08. The Morgan fingerprint density at radius 2 is 1.91 bits per heavy atom. The standard InChI is InChI=1S/C17H24N4O/c1-18-17(19-11-16(22)20-14-8-9-14)21-15-7-6-12-4-2-3-5-13(12)10-15/h2-5,14-15H,6-11H2,1H3,(H,20,22)(H2,18,19,21). The second-order valence-electron chi connectivity index (χ2n) is 6.12. The molecule has 0 saturated heterocycles. The molecule has 5 nitrogen and oxygen atoms in total. The smallest absolute Gasteiger partial charge is 0.239 e. The van der Waals surface area contributed by atoms with Crippen LogP contribution in [0.5, 0.6) is 0 Å². The molecular weight excluding hydrogens is 276 g/mol. The Kier molecular flexibility index (Phi) is 4.61. The number of nitrogens with one attached hydrogen (secondary N) is 3. The largest absolute Gasteiger partial charge is 0.353 e. The van der Waals surface area contributed by atoms with E-state index < -0.39 is 0 Å². The molecule has 1 saturated carbocycles. The van der Waals surface area contributed by atoms with Crippen molar-refractivity contribution in [2.45, 2.75) is 44.2 Å². The first-order valence-corrected chi connectivity index (χ1v) is 8.08. The number of carbonyl (C=O) groups excluding carboxylic acids is 1. The zero-order chi connectivity index (χ0) is 15.4. The zero-order valence-corrected chi connectivity index (χ0v) is 13.1. The van der Waals surface area contributed by atoms with Crippen LogP contribution in [0.4, 0.5) is 0 Å². The van der Waals surface area contributed by atoms with Crippen LogP contribution in [0.15, 0.2) is 29.3 Å². The van der Waals surface area contributed by atoms with E-state index in [0.29, 0.717) is 18.0 Å². The van der Waals surface area contributed by atoms with E-state index in [1.165, 1.54) is 11.1 Å². The van der Waals surface area contributed by atoms with Crippen molar-refractivity contribution in [1.82, 2.24) is 16.0 Å². The normalized spacial score (nSPS) is 21.0. The summed E-state index contributed by atoms with van der Waals surface area (Å²) in [6.07, 6.45) is 5.41. The number of carbonyl (C=O) groups is 1. The summed E-state index contributed by atoms with van der Waals surface area (Å²) in [5, 5.41) is 9.50. The number of hydrogen-bond acceptors (Lipinski definition) is 2. The fraction of sp³-hybridized carbons (Fsp3) is 0.529. The molecule has 0 spiro atoms. The number of nitrogens with zero attached hydrogens (tertiary/aromatic N) is 1. The summed E-state index contributed by atoms with van der Waals surface area (Å²) >= 11 is 0. The van der Waals surface area contributed by atoms with Gasteiger partial charge in [0.2, 0.25) is 5.91 Å². The van der Waals surface area contributed by atoms with Gasteiger partial charge >= 0.3 is 0 Å². The number of guanidine groups is 1. The van der Waals surface area contributed by atoms with E-state index >= 15 is 0 Å². The Balaban J connectivity index is 1.47. The van der Waals surface area contributed by atoms with Crippen LogP contribution >= 0.6 is 0 Å². The van der Waals surface area contributed by atoms with Crippen LogP contribution in [-0.4, -0.2) is 37.5 Å². The highest BCUT2D eigenvalue weighted by atomic mass is 16.2. The fourth-order valence-electron chi connectivity index (χ4n) is 2.88. The molecule has 1 unspecified atom stereocenters. The molecule has 0 radical (unpaired) electrons. The maximum absolute atomic E-state index is 11.7. The predicted octanol–water partition coefficient (Wildman–Crippen LogP) is 0.988. The van der Waals surface area contributed by atoms with Crippen LogP contribution in [0.1, 0.15) is 30.4 Å². The van der Waals surface area contributed by atoms with Crippen molar-refractivity contribution in [3.05, 3.63) is 35.4 Å². The monoisotopic (exact) mass is 300 g/mol. The fourth-order valence-corrected chi connectivity index (χ4v) is 2.88. The lowest BCUT2D eigenvalue weighted by molar-refractivity contribution is -0.120. The number of rotatable bonds is 4. The van der Waals surface area contributed by atoms with Crippen LogP contribution in [0.2, 0.25) is 0 Å². The summed E-state index contributed by atoms with van der Waals surface area (Å²) in [5.41, 5.74) is 2.86. The van der Waals surface area contributed by atoms with Gasteiger partial charge in [-0.25, -0.2) is 0 Å². The lowest BCUT2D eigenvalue weighted by Gasteiger charge is -2.27. The molecule has 3 rings (SSSR count). The Labute approximate surface area is 131 Å². The number of hydrogen-bond donors (Lipinski definition) is 3. The molecular formula is C17H24N4O. The van der Waals surface area contributed by atoms with Crippen molar-refractivity contribution < 1.29 is 4.79 Å². The highest BCUT2D eigenvalue weighted by Crippen LogP contribution is 2.21. The Morgan fingerprint density at radius 1 is 1.14 bits per heavy atom. The van der Waals surface area contributed by atoms with Gasteiger partial charge in [-0.1, -0.05) is 24.3 Å². The zero-order valence-electron chi connectivity index (χ0n) is 13.1. The van der Waals surface area contributed by atoms with Gasteiger partial charge < -0.3 is 16.0 Å². The van der Waals surface area contributed by atoms with Crippen molar-refractivity contribution in [2.75, 3.05) is 13.6 Å². The maximum atomic E-state index is 11.7. The third-order valence-electron chi connectivity index (χ3n) is 4.27. The van der Waals surface area contributed by atoms with E-state index in [1.807, 2.05) is 0 Å². The van der Waals surface area contributed by atoms with Crippen LogP contribution in [0.25, 0.3) is 0 Å². The Morgan fingerprint density at radius 3 is 2.64 bits per heavy atom. The first kappa shape index (κ1) is 14.9. The highest BCUT2D eigenvalue weighted by Gasteiger charge is 2.23. The lowest BCUT2D eigenvalue weighted by atomic mass is 9.88. The third kappa shape index (κ3) is 4.00. The summed E-state index contributed by atoms with van der Waals surface area (Å²) in [5.74, 6) is 0.745. The molecule has 1 aromatic carbocycles. The number of amides is 1. The molecule has 0 heterocycles. The van der Waals surface area contributed by atoms with E-state index in [0.717, 1.165) is 32.1 Å². The quantitative estimate of drug-likeness (QED) is 0.574. The first-order chi connectivity index (χ1) is 10.7. The van der Waals surface area contributed by atoms with E-state index in [2.05, 4.69) is 45.2 Å². The molecule has 1 amide bonds. The summed E-state index contributed by atoms with van der Waals surface area (Å²) in [6.45, 7) is 0.277. The average Bonchev–Trinajstić information content (AvgIpc) is 3.35. The van der Waals surface area contributed by atoms with E-state index in [1.54, 1.807) is 7.05 Å². The van der Waals surface area contributed by atoms with Crippen LogP contribution in [-0.2, 0) is 17.6 Å². The number of benzene rings is 1. The van der Waals surface area contributed by atoms with Gasteiger partial charge in [0.1, 0.15) is 0 Å². The summed E-state index contributed by atoms with van der Waals surface area (Å²) < 4.78 is 0. The minimum atomic E-state index is 0.0411. The molecule has 22 heavy (non-hydrogen) atoms. The highest BCUT2D eigenvalue weighted by molar-refractivity contribution is 5.86. The molecule has 1 aromatic rings. The summed E-state index contributed by atoms with van der Waals surface area (Å²) in [4.78, 5) is 15.9. The van der Waals surface area contributed by atoms with Crippen molar-refractivity contribution in [3.8, 4) is 0 Å². The van der Waals surface area contributed by atoms with Crippen LogP contribution in [0.3, 0.4) is 0 Å². The molecule has 1 fully saturated rings. The van der Waals surface area contributed by atoms with Crippen molar-refractivity contribution in [2.24, 2.45) is 4.99 Å². The lowest BCUT2D eigenvalue weighted by Crippen LogP contribution is -2.48. The number of fused-ring (bicyclic) bond motifs is 1. The molecule has 0 bridgehead atoms. The molecule has 2 aliphatic rings. The van der Waals surface area contributed by atoms with Gasteiger partial charge in [-0.05, 0) is 43.2 Å². The van der Waals surface area contributed by atoms with Gasteiger partial charge in [0.05, 0.1) is 6.54 Å². The van der Waals surface area contributed by atoms with E-state index in [4.69, 9.17) is 0 Å². The SMILES string of the molecule is CN=C(NCC(=O)NC1CC1)NC1CCc2ccccc2C1. The van der Waals surface area contributed by atoms with Crippen molar-refractivity contribution >= 4 is 11.9 Å². The van der Waals surface area contributed by atoms with Gasteiger partial charge in [0.15, 0.2) is 5.96 Å². The van der Waals surface area contributed by atoms with Gasteiger partial charge in [-0.15, -0.1) is 0 Å². The molecule has 3 N–H and O–H groups in total. The number of aliphatic imine (C=N–C) groups is 1. The maximum Gasteiger partial charge on any atom is 0.239 e. The molecule has 5 heteroatoms. The third-order valence-corrected chi connectivity index (χ3v) is 4.27. The molecule has 2 aliphatic carbocycles. The van der Waals surface area contributed by atoms with Gasteiger partial charge in [-0.3, -0.25) is 9.79 Å². The number of aryl methyl sites for hydroxylation is 1. The second kappa shape index (κ2) is 6.81. The van der Waals surface area contributed by atoms with Gasteiger partial charge in [0.25, 0.3) is 0 Å². The molecule has 0 aromatic heterocycles. The van der Waals surface area contributed by atoms with Crippen molar-refractivity contribution in [3.63, 3.8) is 0 Å². The minimum Gasteiger partial charge on any atom is -0.353 e. The van der Waals surface area contributed by atoms with Crippen LogP contribution < -0.4 is 16.0 Å². The molecule has 1 atom stereocenters.